The number of rotatable bonds is 7. The molecule has 0 bridgehead atoms. The SMILES string of the molecule is CC1=C(Cl)SC2C=CC(C(=O)N[C@H](C(=O)O)C3(C)CCC3)=C(OCc3ccc(C(F)(F)F)cc3)C12. The molecule has 1 amide bonds. The molecule has 1 fully saturated rings. The second kappa shape index (κ2) is 9.58. The molecule has 1 aromatic rings. The van der Waals surface area contributed by atoms with Crippen molar-refractivity contribution in [3.63, 3.8) is 0 Å². The molecule has 2 N–H and O–H groups in total. The summed E-state index contributed by atoms with van der Waals surface area (Å²) in [6, 6.07) is 3.58. The third-order valence-electron chi connectivity index (χ3n) is 6.98. The summed E-state index contributed by atoms with van der Waals surface area (Å²) in [5.41, 5.74) is 0.230. The van der Waals surface area contributed by atoms with Crippen LogP contribution in [0.25, 0.3) is 0 Å². The predicted octanol–water partition coefficient (Wildman–Crippen LogP) is 6.01. The minimum atomic E-state index is -4.44. The number of allylic oxidation sites excluding steroid dienone is 1. The molecule has 3 aliphatic rings. The minimum Gasteiger partial charge on any atom is -0.492 e. The zero-order valence-electron chi connectivity index (χ0n) is 19.1. The lowest BCUT2D eigenvalue weighted by Gasteiger charge is -2.43. The highest BCUT2D eigenvalue weighted by molar-refractivity contribution is 8.05. The number of benzene rings is 1. The van der Waals surface area contributed by atoms with E-state index in [9.17, 15) is 27.9 Å². The van der Waals surface area contributed by atoms with Crippen LogP contribution in [0.1, 0.15) is 44.2 Å². The molecule has 35 heavy (non-hydrogen) atoms. The number of fused-ring (bicyclic) bond motifs is 1. The number of carbonyl (C=O) groups is 2. The second-order valence-electron chi connectivity index (χ2n) is 9.39. The van der Waals surface area contributed by atoms with Crippen LogP contribution in [0.3, 0.4) is 0 Å². The molecule has 10 heteroatoms. The number of alkyl halides is 3. The van der Waals surface area contributed by atoms with Crippen LogP contribution in [0.2, 0.25) is 0 Å². The van der Waals surface area contributed by atoms with Gasteiger partial charge in [0, 0.05) is 5.25 Å². The molecular weight excluding hydrogens is 503 g/mol. The summed E-state index contributed by atoms with van der Waals surface area (Å²) in [5, 5.41) is 12.3. The number of hydrogen-bond acceptors (Lipinski definition) is 4. The third kappa shape index (κ3) is 5.11. The Bertz CT molecular complexity index is 1120. The van der Waals surface area contributed by atoms with E-state index in [-0.39, 0.29) is 23.3 Å². The molecule has 2 unspecified atom stereocenters. The molecule has 1 aromatic carbocycles. The average molecular weight is 528 g/mol. The largest absolute Gasteiger partial charge is 0.492 e. The van der Waals surface area contributed by atoms with Gasteiger partial charge in [-0.2, -0.15) is 13.2 Å². The Kier molecular flexibility index (Phi) is 7.03. The molecule has 2 aliphatic carbocycles. The van der Waals surface area contributed by atoms with Crippen LogP contribution in [-0.2, 0) is 27.1 Å². The number of carboxylic acids is 1. The van der Waals surface area contributed by atoms with Crippen LogP contribution < -0.4 is 5.32 Å². The van der Waals surface area contributed by atoms with Crippen LogP contribution in [-0.4, -0.2) is 28.3 Å². The van der Waals surface area contributed by atoms with Crippen molar-refractivity contribution in [2.75, 3.05) is 0 Å². The summed E-state index contributed by atoms with van der Waals surface area (Å²) in [4.78, 5) is 25.2. The van der Waals surface area contributed by atoms with E-state index in [0.717, 1.165) is 24.1 Å². The number of nitrogens with one attached hydrogen (secondary N) is 1. The van der Waals surface area contributed by atoms with Gasteiger partial charge in [0.05, 0.1) is 21.4 Å². The molecular formula is C25H25ClF3NO4S. The summed E-state index contributed by atoms with van der Waals surface area (Å²) >= 11 is 7.80. The van der Waals surface area contributed by atoms with E-state index in [2.05, 4.69) is 5.32 Å². The summed E-state index contributed by atoms with van der Waals surface area (Å²) < 4.78 is 45.3. The smallest absolute Gasteiger partial charge is 0.416 e. The van der Waals surface area contributed by atoms with Gasteiger partial charge < -0.3 is 15.2 Å². The van der Waals surface area contributed by atoms with E-state index in [4.69, 9.17) is 16.3 Å². The molecule has 1 saturated carbocycles. The first-order chi connectivity index (χ1) is 16.4. The van der Waals surface area contributed by atoms with E-state index in [1.807, 2.05) is 19.9 Å². The molecule has 1 aliphatic heterocycles. The first-order valence-corrected chi connectivity index (χ1v) is 12.4. The second-order valence-corrected chi connectivity index (χ2v) is 11.2. The average Bonchev–Trinajstić information content (AvgIpc) is 3.07. The predicted molar refractivity (Wildman–Crippen MR) is 127 cm³/mol. The maximum Gasteiger partial charge on any atom is 0.416 e. The fraction of sp³-hybridized carbons (Fsp3) is 0.440. The summed E-state index contributed by atoms with van der Waals surface area (Å²) in [6.45, 7) is 3.63. The normalized spacial score (nSPS) is 24.1. The quantitative estimate of drug-likeness (QED) is 0.454. The van der Waals surface area contributed by atoms with Crippen molar-refractivity contribution in [3.05, 3.63) is 68.8 Å². The van der Waals surface area contributed by atoms with Gasteiger partial charge in [0.2, 0.25) is 0 Å². The highest BCUT2D eigenvalue weighted by Gasteiger charge is 2.46. The van der Waals surface area contributed by atoms with Gasteiger partial charge in [0.25, 0.3) is 5.91 Å². The molecule has 1 heterocycles. The van der Waals surface area contributed by atoms with Crippen LogP contribution in [0.15, 0.2) is 57.7 Å². The Labute approximate surface area is 210 Å². The van der Waals surface area contributed by atoms with Crippen molar-refractivity contribution >= 4 is 35.2 Å². The van der Waals surface area contributed by atoms with Crippen molar-refractivity contribution in [1.82, 2.24) is 5.32 Å². The van der Waals surface area contributed by atoms with Crippen LogP contribution >= 0.6 is 23.4 Å². The fourth-order valence-electron chi connectivity index (χ4n) is 4.66. The number of amides is 1. The van der Waals surface area contributed by atoms with Crippen molar-refractivity contribution < 1.29 is 32.6 Å². The van der Waals surface area contributed by atoms with Gasteiger partial charge in [0.1, 0.15) is 18.4 Å². The van der Waals surface area contributed by atoms with Crippen LogP contribution in [0.5, 0.6) is 0 Å². The maximum absolute atomic E-state index is 13.3. The van der Waals surface area contributed by atoms with Gasteiger partial charge in [-0.1, -0.05) is 43.2 Å². The van der Waals surface area contributed by atoms with E-state index in [0.29, 0.717) is 28.5 Å². The summed E-state index contributed by atoms with van der Waals surface area (Å²) in [7, 11) is 0. The van der Waals surface area contributed by atoms with Gasteiger partial charge in [-0.15, -0.1) is 11.8 Å². The van der Waals surface area contributed by atoms with Crippen molar-refractivity contribution in [2.45, 2.75) is 57.2 Å². The van der Waals surface area contributed by atoms with Gasteiger partial charge in [-0.3, -0.25) is 4.79 Å². The van der Waals surface area contributed by atoms with Gasteiger partial charge in [0.15, 0.2) is 0 Å². The molecule has 0 spiro atoms. The van der Waals surface area contributed by atoms with E-state index >= 15 is 0 Å². The topological polar surface area (TPSA) is 75.6 Å². The number of hydrogen-bond donors (Lipinski definition) is 2. The summed E-state index contributed by atoms with van der Waals surface area (Å²) in [6.07, 6.45) is 1.32. The Morgan fingerprint density at radius 2 is 1.94 bits per heavy atom. The first-order valence-electron chi connectivity index (χ1n) is 11.2. The van der Waals surface area contributed by atoms with Gasteiger partial charge in [-0.25, -0.2) is 4.79 Å². The Morgan fingerprint density at radius 1 is 1.29 bits per heavy atom. The van der Waals surface area contributed by atoms with E-state index in [1.54, 1.807) is 6.08 Å². The molecule has 0 aromatic heterocycles. The lowest BCUT2D eigenvalue weighted by atomic mass is 9.65. The van der Waals surface area contributed by atoms with E-state index in [1.165, 1.54) is 23.9 Å². The zero-order chi connectivity index (χ0) is 25.5. The zero-order valence-corrected chi connectivity index (χ0v) is 20.7. The first kappa shape index (κ1) is 25.7. The lowest BCUT2D eigenvalue weighted by molar-refractivity contribution is -0.147. The highest BCUT2D eigenvalue weighted by Crippen LogP contribution is 2.50. The number of thioether (sulfide) groups is 1. The van der Waals surface area contributed by atoms with Gasteiger partial charge in [-0.05, 0) is 54.5 Å². The fourth-order valence-corrected chi connectivity index (χ4v) is 6.26. The number of aliphatic carboxylic acids is 1. The molecule has 3 atom stereocenters. The van der Waals surface area contributed by atoms with Crippen LogP contribution in [0, 0.1) is 11.3 Å². The molecule has 0 radical (unpaired) electrons. The minimum absolute atomic E-state index is 0.0586. The molecule has 188 valence electrons. The Hall–Kier alpha value is -2.39. The molecule has 4 rings (SSSR count). The number of carbonyl (C=O) groups excluding carboxylic acids is 1. The van der Waals surface area contributed by atoms with Crippen molar-refractivity contribution in [2.24, 2.45) is 11.3 Å². The van der Waals surface area contributed by atoms with Gasteiger partial charge >= 0.3 is 12.1 Å². The maximum atomic E-state index is 13.3. The number of carboxylic acid groups (broad SMARTS) is 1. The van der Waals surface area contributed by atoms with Crippen LogP contribution in [0.4, 0.5) is 13.2 Å². The Morgan fingerprint density at radius 3 is 2.49 bits per heavy atom. The summed E-state index contributed by atoms with van der Waals surface area (Å²) in [5.74, 6) is -1.67. The lowest BCUT2D eigenvalue weighted by Crippen LogP contribution is -2.54. The third-order valence-corrected chi connectivity index (χ3v) is 8.78. The standard InChI is InChI=1S/C25H25ClF3NO4S/c1-13-18-17(35-21(13)26)9-8-16(22(31)30-20(23(32)33)24(2)10-3-11-24)19(18)34-12-14-4-6-15(7-5-14)25(27,28)29/h4-9,17-18,20H,3,10-12H2,1-2H3,(H,30,31)(H,32,33)/t17?,18?,20-/m1/s1. The molecule has 5 nitrogen and oxygen atoms in total. The van der Waals surface area contributed by atoms with E-state index < -0.39 is 35.1 Å². The number of halogens is 4. The highest BCUT2D eigenvalue weighted by atomic mass is 35.5. The molecule has 0 saturated heterocycles. The van der Waals surface area contributed by atoms with Crippen molar-refractivity contribution in [1.29, 1.82) is 0 Å². The number of ether oxygens (including phenoxy) is 1. The monoisotopic (exact) mass is 527 g/mol. The van der Waals surface area contributed by atoms with Crippen molar-refractivity contribution in [3.8, 4) is 0 Å². The Balaban J connectivity index is 1.61.